The molecule has 3 rings (SSSR count). The maximum absolute atomic E-state index is 12.2. The first-order valence-corrected chi connectivity index (χ1v) is 8.60. The van der Waals surface area contributed by atoms with Gasteiger partial charge in [-0.25, -0.2) is 10.1 Å². The number of thioether (sulfide) groups is 1. The molecule has 0 aliphatic heterocycles. The Morgan fingerprint density at radius 1 is 1.50 bits per heavy atom. The molecule has 1 unspecified atom stereocenters. The topological polar surface area (TPSA) is 98.9 Å². The minimum atomic E-state index is -0.875. The lowest BCUT2D eigenvalue weighted by molar-refractivity contribution is -0.120. The lowest BCUT2D eigenvalue weighted by Crippen LogP contribution is -2.49. The number of carbonyl (C=O) groups excluding carboxylic acids is 1. The maximum atomic E-state index is 12.2. The lowest BCUT2D eigenvalue weighted by atomic mass is 9.90. The average Bonchev–Trinajstić information content (AvgIpc) is 3.11. The zero-order valence-electron chi connectivity index (χ0n) is 13.7. The number of amides is 1. The van der Waals surface area contributed by atoms with Crippen molar-refractivity contribution in [3.8, 4) is 6.07 Å². The fourth-order valence-corrected chi connectivity index (χ4v) is 3.05. The van der Waals surface area contributed by atoms with Crippen molar-refractivity contribution in [3.05, 3.63) is 24.3 Å². The summed E-state index contributed by atoms with van der Waals surface area (Å²) in [5.74, 6) is 0.642. The SMILES string of the molecule is CC(C)C(C)(C#N)NC(=O)CSc1n[nH]c2nc3ccccc3n12. The predicted molar refractivity (Wildman–Crippen MR) is 92.6 cm³/mol. The van der Waals surface area contributed by atoms with Crippen LogP contribution >= 0.6 is 11.8 Å². The largest absolute Gasteiger partial charge is 0.337 e. The van der Waals surface area contributed by atoms with E-state index < -0.39 is 5.54 Å². The van der Waals surface area contributed by atoms with E-state index in [9.17, 15) is 10.1 Å². The number of benzene rings is 1. The number of nitriles is 1. The fraction of sp³-hybridized carbons (Fsp3) is 0.375. The van der Waals surface area contributed by atoms with Crippen LogP contribution in [0.4, 0.5) is 0 Å². The smallest absolute Gasteiger partial charge is 0.231 e. The van der Waals surface area contributed by atoms with Crippen molar-refractivity contribution in [1.82, 2.24) is 24.9 Å². The summed E-state index contributed by atoms with van der Waals surface area (Å²) in [6.07, 6.45) is 0. The molecule has 0 aliphatic carbocycles. The molecule has 0 saturated heterocycles. The molecule has 0 bridgehead atoms. The van der Waals surface area contributed by atoms with Crippen molar-refractivity contribution in [2.75, 3.05) is 5.75 Å². The van der Waals surface area contributed by atoms with Gasteiger partial charge in [-0.3, -0.25) is 9.20 Å². The summed E-state index contributed by atoms with van der Waals surface area (Å²) in [6.45, 7) is 5.55. The average molecular weight is 342 g/mol. The summed E-state index contributed by atoms with van der Waals surface area (Å²) in [5, 5.41) is 19.9. The van der Waals surface area contributed by atoms with Gasteiger partial charge in [0, 0.05) is 0 Å². The van der Waals surface area contributed by atoms with E-state index >= 15 is 0 Å². The van der Waals surface area contributed by atoms with Crippen LogP contribution in [0.5, 0.6) is 0 Å². The van der Waals surface area contributed by atoms with E-state index in [4.69, 9.17) is 0 Å². The van der Waals surface area contributed by atoms with E-state index in [0.29, 0.717) is 10.9 Å². The highest BCUT2D eigenvalue weighted by Gasteiger charge is 2.30. The van der Waals surface area contributed by atoms with Crippen LogP contribution in [0.25, 0.3) is 16.8 Å². The molecule has 2 N–H and O–H groups in total. The molecular formula is C16H18N6OS. The Hall–Kier alpha value is -2.53. The van der Waals surface area contributed by atoms with Gasteiger partial charge in [0.2, 0.25) is 11.7 Å². The second kappa shape index (κ2) is 6.17. The monoisotopic (exact) mass is 342 g/mol. The highest BCUT2D eigenvalue weighted by atomic mass is 32.2. The van der Waals surface area contributed by atoms with Crippen LogP contribution in [0, 0.1) is 17.2 Å². The van der Waals surface area contributed by atoms with Gasteiger partial charge in [0.25, 0.3) is 0 Å². The van der Waals surface area contributed by atoms with Crippen molar-refractivity contribution in [2.24, 2.45) is 5.92 Å². The predicted octanol–water partition coefficient (Wildman–Crippen LogP) is 2.36. The Bertz CT molecular complexity index is 937. The molecule has 2 aromatic heterocycles. The van der Waals surface area contributed by atoms with Gasteiger partial charge in [0.1, 0.15) is 5.54 Å². The van der Waals surface area contributed by atoms with Crippen LogP contribution in [-0.2, 0) is 4.79 Å². The normalized spacial score (nSPS) is 14.0. The number of H-pyrrole nitrogens is 1. The third-order valence-corrected chi connectivity index (χ3v) is 5.06. The summed E-state index contributed by atoms with van der Waals surface area (Å²) < 4.78 is 1.89. The number of fused-ring (bicyclic) bond motifs is 3. The van der Waals surface area contributed by atoms with Crippen LogP contribution in [0.15, 0.2) is 29.4 Å². The molecular weight excluding hydrogens is 324 g/mol. The molecule has 24 heavy (non-hydrogen) atoms. The van der Waals surface area contributed by atoms with E-state index in [-0.39, 0.29) is 17.6 Å². The minimum absolute atomic E-state index is 0.0196. The van der Waals surface area contributed by atoms with Gasteiger partial charge in [-0.1, -0.05) is 37.7 Å². The lowest BCUT2D eigenvalue weighted by Gasteiger charge is -2.27. The first-order valence-electron chi connectivity index (χ1n) is 7.61. The third-order valence-electron chi connectivity index (χ3n) is 4.12. The number of imidazole rings is 1. The molecule has 1 aromatic carbocycles. The van der Waals surface area contributed by atoms with Crippen LogP contribution in [0.3, 0.4) is 0 Å². The van der Waals surface area contributed by atoms with E-state index in [1.165, 1.54) is 11.8 Å². The van der Waals surface area contributed by atoms with Gasteiger partial charge in [0.05, 0.1) is 22.9 Å². The molecule has 1 atom stereocenters. The first-order chi connectivity index (χ1) is 11.4. The molecule has 8 heteroatoms. The molecule has 0 aliphatic rings. The van der Waals surface area contributed by atoms with E-state index in [1.54, 1.807) is 6.92 Å². The standard InChI is InChI=1S/C16H18N6OS/c1-10(2)16(3,9-17)19-13(23)8-24-15-21-20-14-18-11-6-4-5-7-12(11)22(14)15/h4-7,10H,8H2,1-3H3,(H,18,20)(H,19,23). The van der Waals surface area contributed by atoms with Gasteiger partial charge in [-0.2, -0.15) is 5.26 Å². The van der Waals surface area contributed by atoms with Crippen LogP contribution in [-0.4, -0.2) is 36.8 Å². The number of nitrogens with zero attached hydrogens (tertiary/aromatic N) is 4. The third kappa shape index (κ3) is 2.83. The molecule has 3 aromatic rings. The van der Waals surface area contributed by atoms with Crippen molar-refractivity contribution in [2.45, 2.75) is 31.5 Å². The number of rotatable bonds is 5. The second-order valence-corrected chi connectivity index (χ2v) is 7.01. The van der Waals surface area contributed by atoms with E-state index in [0.717, 1.165) is 11.0 Å². The Morgan fingerprint density at radius 3 is 2.96 bits per heavy atom. The van der Waals surface area contributed by atoms with Crippen LogP contribution < -0.4 is 5.32 Å². The highest BCUT2D eigenvalue weighted by molar-refractivity contribution is 7.99. The Balaban J connectivity index is 1.77. The molecule has 0 spiro atoms. The fourth-order valence-electron chi connectivity index (χ4n) is 2.30. The molecule has 0 radical (unpaired) electrons. The number of hydrogen-bond donors (Lipinski definition) is 2. The van der Waals surface area contributed by atoms with Crippen molar-refractivity contribution in [1.29, 1.82) is 5.26 Å². The number of para-hydroxylation sites is 2. The maximum Gasteiger partial charge on any atom is 0.231 e. The highest BCUT2D eigenvalue weighted by Crippen LogP contribution is 2.23. The van der Waals surface area contributed by atoms with Gasteiger partial charge in [0.15, 0.2) is 5.16 Å². The van der Waals surface area contributed by atoms with Gasteiger partial charge >= 0.3 is 0 Å². The number of hydrogen-bond acceptors (Lipinski definition) is 5. The Kier molecular flexibility index (Phi) is 4.20. The van der Waals surface area contributed by atoms with Gasteiger partial charge < -0.3 is 5.32 Å². The summed E-state index contributed by atoms with van der Waals surface area (Å²) in [4.78, 5) is 16.7. The number of aromatic nitrogens is 4. The zero-order valence-corrected chi connectivity index (χ0v) is 14.5. The van der Waals surface area contributed by atoms with E-state index in [1.807, 2.05) is 42.5 Å². The van der Waals surface area contributed by atoms with Crippen molar-refractivity contribution >= 4 is 34.5 Å². The number of aromatic amines is 1. The van der Waals surface area contributed by atoms with Gasteiger partial charge in [-0.15, -0.1) is 5.10 Å². The minimum Gasteiger partial charge on any atom is -0.337 e. The molecule has 124 valence electrons. The van der Waals surface area contributed by atoms with Gasteiger partial charge in [-0.05, 0) is 25.0 Å². The van der Waals surface area contributed by atoms with E-state index in [2.05, 4.69) is 26.6 Å². The van der Waals surface area contributed by atoms with Crippen molar-refractivity contribution in [3.63, 3.8) is 0 Å². The zero-order chi connectivity index (χ0) is 17.3. The second-order valence-electron chi connectivity index (χ2n) is 6.07. The molecule has 7 nitrogen and oxygen atoms in total. The Morgan fingerprint density at radius 2 is 2.25 bits per heavy atom. The van der Waals surface area contributed by atoms with Crippen LogP contribution in [0.1, 0.15) is 20.8 Å². The number of nitrogens with one attached hydrogen (secondary N) is 2. The molecule has 0 saturated carbocycles. The summed E-state index contributed by atoms with van der Waals surface area (Å²) in [5.41, 5.74) is 0.933. The van der Waals surface area contributed by atoms with Crippen molar-refractivity contribution < 1.29 is 4.79 Å². The quantitative estimate of drug-likeness (QED) is 0.694. The molecule has 0 fully saturated rings. The Labute approximate surface area is 143 Å². The molecule has 1 amide bonds. The molecule has 2 heterocycles. The summed E-state index contributed by atoms with van der Waals surface area (Å²) in [7, 11) is 0. The van der Waals surface area contributed by atoms with Crippen LogP contribution in [0.2, 0.25) is 0 Å². The summed E-state index contributed by atoms with van der Waals surface area (Å²) >= 11 is 1.31. The first kappa shape index (κ1) is 16.3. The number of carbonyl (C=O) groups is 1. The summed E-state index contributed by atoms with van der Waals surface area (Å²) in [6, 6.07) is 9.92.